The van der Waals surface area contributed by atoms with E-state index in [0.29, 0.717) is 18.5 Å². The lowest BCUT2D eigenvalue weighted by Gasteiger charge is -2.28. The van der Waals surface area contributed by atoms with Crippen molar-refractivity contribution < 1.29 is 9.59 Å². The summed E-state index contributed by atoms with van der Waals surface area (Å²) in [6.45, 7) is 4.84. The van der Waals surface area contributed by atoms with Crippen molar-refractivity contribution in [1.82, 2.24) is 15.5 Å². The predicted octanol–water partition coefficient (Wildman–Crippen LogP) is 0.952. The summed E-state index contributed by atoms with van der Waals surface area (Å²) >= 11 is 0. The Labute approximate surface area is 103 Å². The minimum absolute atomic E-state index is 0.107. The first-order chi connectivity index (χ1) is 7.99. The van der Waals surface area contributed by atoms with Crippen LogP contribution < -0.4 is 10.6 Å². The molecule has 0 unspecified atom stereocenters. The van der Waals surface area contributed by atoms with E-state index < -0.39 is 0 Å². The van der Waals surface area contributed by atoms with Crippen LogP contribution in [-0.4, -0.2) is 43.0 Å². The van der Waals surface area contributed by atoms with Crippen LogP contribution >= 0.6 is 0 Å². The van der Waals surface area contributed by atoms with Gasteiger partial charge in [0.05, 0.1) is 0 Å². The van der Waals surface area contributed by atoms with Gasteiger partial charge in [-0.25, -0.2) is 4.79 Å². The Morgan fingerprint density at radius 3 is 2.47 bits per heavy atom. The Bertz CT molecular complexity index is 275. The monoisotopic (exact) mass is 241 g/mol. The first kappa shape index (κ1) is 13.8. The topological polar surface area (TPSA) is 61.4 Å². The maximum Gasteiger partial charge on any atom is 0.317 e. The molecule has 0 saturated heterocycles. The van der Waals surface area contributed by atoms with Crippen LogP contribution in [0.25, 0.3) is 0 Å². The number of likely N-dealkylation sites (N-methyl/N-ethyl adjacent to an activating group) is 1. The fourth-order valence-corrected chi connectivity index (χ4v) is 1.50. The second-order valence-corrected chi connectivity index (χ2v) is 5.13. The Kier molecular flexibility index (Phi) is 5.25. The van der Waals surface area contributed by atoms with E-state index >= 15 is 0 Å². The molecule has 0 heterocycles. The zero-order chi connectivity index (χ0) is 12.8. The van der Waals surface area contributed by atoms with Crippen LogP contribution in [0.2, 0.25) is 0 Å². The summed E-state index contributed by atoms with van der Waals surface area (Å²) < 4.78 is 0. The molecule has 98 valence electrons. The third-order valence-corrected chi connectivity index (χ3v) is 2.87. The number of nitrogens with zero attached hydrogens (tertiary/aromatic N) is 1. The van der Waals surface area contributed by atoms with Gasteiger partial charge in [0.15, 0.2) is 0 Å². The van der Waals surface area contributed by atoms with Gasteiger partial charge in [-0.3, -0.25) is 4.79 Å². The standard InChI is InChI=1S/C12H23N3O2/c1-9(2)7-13-11(16)8-15(3)12(17)14-10-5-4-6-10/h9-10H,4-8H2,1-3H3,(H,13,16)(H,14,17). The number of rotatable bonds is 5. The van der Waals surface area contributed by atoms with Crippen molar-refractivity contribution in [1.29, 1.82) is 0 Å². The van der Waals surface area contributed by atoms with Crippen LogP contribution in [0.15, 0.2) is 0 Å². The molecule has 0 bridgehead atoms. The molecule has 0 aromatic carbocycles. The SMILES string of the molecule is CC(C)CNC(=O)CN(C)C(=O)NC1CCC1. The molecule has 3 amide bonds. The lowest BCUT2D eigenvalue weighted by molar-refractivity contribution is -0.121. The van der Waals surface area contributed by atoms with Gasteiger partial charge in [-0.1, -0.05) is 13.8 Å². The zero-order valence-corrected chi connectivity index (χ0v) is 11.0. The zero-order valence-electron chi connectivity index (χ0n) is 11.0. The molecule has 17 heavy (non-hydrogen) atoms. The quantitative estimate of drug-likeness (QED) is 0.753. The molecule has 2 N–H and O–H groups in total. The summed E-state index contributed by atoms with van der Waals surface area (Å²) in [6, 6.07) is 0.151. The normalized spacial score (nSPS) is 15.3. The van der Waals surface area contributed by atoms with Gasteiger partial charge in [-0.2, -0.15) is 0 Å². The van der Waals surface area contributed by atoms with Crippen molar-refractivity contribution in [2.45, 2.75) is 39.2 Å². The number of urea groups is 1. The Hall–Kier alpha value is -1.26. The lowest BCUT2D eigenvalue weighted by atomic mass is 9.93. The molecule has 1 rings (SSSR count). The number of hydrogen-bond acceptors (Lipinski definition) is 2. The highest BCUT2D eigenvalue weighted by Gasteiger charge is 2.21. The first-order valence-corrected chi connectivity index (χ1v) is 6.27. The van der Waals surface area contributed by atoms with Gasteiger partial charge < -0.3 is 15.5 Å². The van der Waals surface area contributed by atoms with Gasteiger partial charge in [0.1, 0.15) is 6.54 Å². The molecule has 5 heteroatoms. The fraction of sp³-hybridized carbons (Fsp3) is 0.833. The van der Waals surface area contributed by atoms with Gasteiger partial charge in [-0.15, -0.1) is 0 Å². The summed E-state index contributed by atoms with van der Waals surface area (Å²) in [5.74, 6) is 0.318. The number of nitrogens with one attached hydrogen (secondary N) is 2. The lowest BCUT2D eigenvalue weighted by Crippen LogP contribution is -2.48. The van der Waals surface area contributed by atoms with Crippen molar-refractivity contribution in [3.63, 3.8) is 0 Å². The molecule has 0 aromatic rings. The number of hydrogen-bond donors (Lipinski definition) is 2. The molecule has 1 aliphatic rings. The van der Waals surface area contributed by atoms with Crippen molar-refractivity contribution in [3.05, 3.63) is 0 Å². The molecule has 0 aliphatic heterocycles. The predicted molar refractivity (Wildman–Crippen MR) is 66.6 cm³/mol. The van der Waals surface area contributed by atoms with Crippen LogP contribution in [0.3, 0.4) is 0 Å². The first-order valence-electron chi connectivity index (χ1n) is 6.27. The van der Waals surface area contributed by atoms with Crippen molar-refractivity contribution >= 4 is 11.9 Å². The number of carbonyl (C=O) groups excluding carboxylic acids is 2. The summed E-state index contributed by atoms with van der Waals surface area (Å²) in [4.78, 5) is 24.6. The highest BCUT2D eigenvalue weighted by Crippen LogP contribution is 2.17. The minimum atomic E-state index is -0.158. The van der Waals surface area contributed by atoms with Crippen molar-refractivity contribution in [2.24, 2.45) is 5.92 Å². The van der Waals surface area contributed by atoms with Gasteiger partial charge in [0.25, 0.3) is 0 Å². The molecular formula is C12H23N3O2. The van der Waals surface area contributed by atoms with Crippen molar-refractivity contribution in [2.75, 3.05) is 20.1 Å². The van der Waals surface area contributed by atoms with E-state index in [1.165, 1.54) is 11.3 Å². The average Bonchev–Trinajstić information content (AvgIpc) is 2.20. The second-order valence-electron chi connectivity index (χ2n) is 5.13. The maximum absolute atomic E-state index is 11.7. The second kappa shape index (κ2) is 6.47. The van der Waals surface area contributed by atoms with Crippen LogP contribution in [0.5, 0.6) is 0 Å². The molecule has 1 fully saturated rings. The summed E-state index contributed by atoms with van der Waals surface area (Å²) in [7, 11) is 1.64. The van der Waals surface area contributed by atoms with Gasteiger partial charge in [0.2, 0.25) is 5.91 Å². The van der Waals surface area contributed by atoms with Crippen LogP contribution in [0.1, 0.15) is 33.1 Å². The largest absolute Gasteiger partial charge is 0.354 e. The van der Waals surface area contributed by atoms with E-state index in [1.807, 2.05) is 13.8 Å². The average molecular weight is 241 g/mol. The third-order valence-electron chi connectivity index (χ3n) is 2.87. The van der Waals surface area contributed by atoms with E-state index in [9.17, 15) is 9.59 Å². The Balaban J connectivity index is 2.19. The summed E-state index contributed by atoms with van der Waals surface area (Å²) in [5.41, 5.74) is 0. The van der Waals surface area contributed by atoms with Crippen molar-refractivity contribution in [3.8, 4) is 0 Å². The molecule has 1 aliphatic carbocycles. The molecule has 1 saturated carbocycles. The highest BCUT2D eigenvalue weighted by molar-refractivity contribution is 5.83. The maximum atomic E-state index is 11.7. The van der Waals surface area contributed by atoms with E-state index in [0.717, 1.165) is 12.8 Å². The van der Waals surface area contributed by atoms with Crippen LogP contribution in [0.4, 0.5) is 4.79 Å². The highest BCUT2D eigenvalue weighted by atomic mass is 16.2. The summed E-state index contributed by atoms with van der Waals surface area (Å²) in [5, 5.41) is 5.68. The molecule has 0 radical (unpaired) electrons. The minimum Gasteiger partial charge on any atom is -0.354 e. The van der Waals surface area contributed by atoms with E-state index in [-0.39, 0.29) is 18.5 Å². The fourth-order valence-electron chi connectivity index (χ4n) is 1.50. The van der Waals surface area contributed by atoms with Gasteiger partial charge in [0, 0.05) is 19.6 Å². The van der Waals surface area contributed by atoms with Crippen LogP contribution in [0, 0.1) is 5.92 Å². The molecule has 0 aromatic heterocycles. The van der Waals surface area contributed by atoms with E-state index in [1.54, 1.807) is 7.05 Å². The number of amides is 3. The molecule has 0 atom stereocenters. The van der Waals surface area contributed by atoms with E-state index in [4.69, 9.17) is 0 Å². The van der Waals surface area contributed by atoms with Crippen LogP contribution in [-0.2, 0) is 4.79 Å². The molecule has 0 spiro atoms. The van der Waals surface area contributed by atoms with Gasteiger partial charge >= 0.3 is 6.03 Å². The van der Waals surface area contributed by atoms with E-state index in [2.05, 4.69) is 10.6 Å². The van der Waals surface area contributed by atoms with Gasteiger partial charge in [-0.05, 0) is 25.2 Å². The molecule has 5 nitrogen and oxygen atoms in total. The molecular weight excluding hydrogens is 218 g/mol. The Morgan fingerprint density at radius 2 is 2.00 bits per heavy atom. The smallest absolute Gasteiger partial charge is 0.317 e. The summed E-state index contributed by atoms with van der Waals surface area (Å²) in [6.07, 6.45) is 3.29. The number of carbonyl (C=O) groups is 2. The Morgan fingerprint density at radius 1 is 1.35 bits per heavy atom. The third kappa shape index (κ3) is 5.06.